The van der Waals surface area contributed by atoms with Crippen molar-refractivity contribution >= 4 is 17.1 Å². The normalized spacial score (nSPS) is 10.9. The molecule has 1 N–H and O–H groups in total. The van der Waals surface area contributed by atoms with Crippen LogP contribution in [-0.4, -0.2) is 62.6 Å². The van der Waals surface area contributed by atoms with Crippen LogP contribution in [0.1, 0.15) is 57.4 Å². The lowest BCUT2D eigenvalue weighted by molar-refractivity contribution is -0.393. The number of hydrogen-bond acceptors (Lipinski definition) is 9. The molecule has 0 radical (unpaired) electrons. The summed E-state index contributed by atoms with van der Waals surface area (Å²) in [6, 6.07) is 11.8. The number of aryl methyl sites for hydroxylation is 1. The van der Waals surface area contributed by atoms with Crippen LogP contribution < -0.4 is 10.1 Å². The van der Waals surface area contributed by atoms with E-state index in [0.29, 0.717) is 52.8 Å². The maximum absolute atomic E-state index is 11.1. The first-order chi connectivity index (χ1) is 19.5. The number of anilines is 1. The molecule has 0 bridgehead atoms. The first kappa shape index (κ1) is 32.9. The highest BCUT2D eigenvalue weighted by molar-refractivity contribution is 5.65. The van der Waals surface area contributed by atoms with Gasteiger partial charge in [-0.2, -0.15) is 0 Å². The SMILES string of the molecule is CCCCCCCCCc1ccc(OCCOCCOCCOCCNc2ccc([N+](=O)[O-])cc2[N+](=O)[O-])cc1. The van der Waals surface area contributed by atoms with Gasteiger partial charge in [0.1, 0.15) is 18.0 Å². The van der Waals surface area contributed by atoms with Crippen LogP contribution in [0.3, 0.4) is 0 Å². The van der Waals surface area contributed by atoms with Gasteiger partial charge in [0.2, 0.25) is 0 Å². The molecule has 40 heavy (non-hydrogen) atoms. The van der Waals surface area contributed by atoms with Gasteiger partial charge in [-0.15, -0.1) is 0 Å². The Labute approximate surface area is 236 Å². The highest BCUT2D eigenvalue weighted by Gasteiger charge is 2.19. The van der Waals surface area contributed by atoms with E-state index in [4.69, 9.17) is 18.9 Å². The molecule has 0 unspecified atom stereocenters. The summed E-state index contributed by atoms with van der Waals surface area (Å²) in [5.74, 6) is 0.845. The van der Waals surface area contributed by atoms with E-state index in [-0.39, 0.29) is 17.1 Å². The second-order valence-electron chi connectivity index (χ2n) is 9.34. The van der Waals surface area contributed by atoms with Gasteiger partial charge in [-0.3, -0.25) is 20.2 Å². The fourth-order valence-corrected chi connectivity index (χ4v) is 3.99. The van der Waals surface area contributed by atoms with Crippen LogP contribution in [0, 0.1) is 20.2 Å². The van der Waals surface area contributed by atoms with Crippen LogP contribution in [0.2, 0.25) is 0 Å². The van der Waals surface area contributed by atoms with Crippen molar-refractivity contribution in [2.24, 2.45) is 0 Å². The van der Waals surface area contributed by atoms with Crippen molar-refractivity contribution in [3.8, 4) is 5.75 Å². The Balaban J connectivity index is 1.41. The number of ether oxygens (including phenoxy) is 4. The van der Waals surface area contributed by atoms with E-state index in [1.807, 2.05) is 12.1 Å². The van der Waals surface area contributed by atoms with Gasteiger partial charge < -0.3 is 24.3 Å². The lowest BCUT2D eigenvalue weighted by Crippen LogP contribution is -2.15. The van der Waals surface area contributed by atoms with Crippen molar-refractivity contribution in [1.29, 1.82) is 0 Å². The largest absolute Gasteiger partial charge is 0.491 e. The summed E-state index contributed by atoms with van der Waals surface area (Å²) in [5.41, 5.74) is 0.867. The summed E-state index contributed by atoms with van der Waals surface area (Å²) in [6.45, 7) is 5.44. The monoisotopic (exact) mass is 561 g/mol. The van der Waals surface area contributed by atoms with Crippen LogP contribution in [0.25, 0.3) is 0 Å². The molecular formula is C29H43N3O8. The minimum atomic E-state index is -0.671. The Bertz CT molecular complexity index is 988. The molecule has 2 rings (SSSR count). The Morgan fingerprint density at radius 3 is 1.93 bits per heavy atom. The maximum Gasteiger partial charge on any atom is 0.299 e. The van der Waals surface area contributed by atoms with Gasteiger partial charge in [0, 0.05) is 12.6 Å². The molecule has 0 fully saturated rings. The standard InChI is InChI=1S/C29H43N3O8/c1-2-3-4-5-6-7-8-9-25-10-13-27(14-11-25)40-23-22-39-21-20-38-19-18-37-17-16-30-28-15-12-26(31(33)34)24-29(28)32(35)36/h10-15,24,30H,2-9,16-23H2,1H3. The fourth-order valence-electron chi connectivity index (χ4n) is 3.99. The second-order valence-corrected chi connectivity index (χ2v) is 9.34. The zero-order chi connectivity index (χ0) is 28.8. The van der Waals surface area contributed by atoms with Crippen molar-refractivity contribution in [2.45, 2.75) is 58.3 Å². The first-order valence-electron chi connectivity index (χ1n) is 14.1. The Kier molecular flexibility index (Phi) is 17.0. The molecule has 0 saturated carbocycles. The number of rotatable bonds is 24. The third-order valence-electron chi connectivity index (χ3n) is 6.18. The van der Waals surface area contributed by atoms with Crippen LogP contribution in [0.4, 0.5) is 17.1 Å². The number of hydrogen-bond donors (Lipinski definition) is 1. The molecule has 222 valence electrons. The number of unbranched alkanes of at least 4 members (excludes halogenated alkanes) is 6. The summed E-state index contributed by atoms with van der Waals surface area (Å²) < 4.78 is 22.2. The molecule has 0 aliphatic heterocycles. The molecule has 0 spiro atoms. The summed E-state index contributed by atoms with van der Waals surface area (Å²) in [7, 11) is 0. The van der Waals surface area contributed by atoms with Crippen LogP contribution in [-0.2, 0) is 20.6 Å². The summed E-state index contributed by atoms with van der Waals surface area (Å²) in [6.07, 6.45) is 10.4. The van der Waals surface area contributed by atoms with Gasteiger partial charge in [0.05, 0.1) is 55.6 Å². The maximum atomic E-state index is 11.1. The minimum Gasteiger partial charge on any atom is -0.491 e. The predicted molar refractivity (Wildman–Crippen MR) is 154 cm³/mol. The smallest absolute Gasteiger partial charge is 0.299 e. The van der Waals surface area contributed by atoms with Gasteiger partial charge in [-0.25, -0.2) is 0 Å². The van der Waals surface area contributed by atoms with E-state index in [2.05, 4.69) is 24.4 Å². The Morgan fingerprint density at radius 1 is 0.700 bits per heavy atom. The van der Waals surface area contributed by atoms with Gasteiger partial charge in [-0.05, 0) is 36.6 Å². The second kappa shape index (κ2) is 20.6. The van der Waals surface area contributed by atoms with E-state index in [1.165, 1.54) is 62.6 Å². The molecular weight excluding hydrogens is 518 g/mol. The molecule has 0 aromatic heterocycles. The average molecular weight is 562 g/mol. The third kappa shape index (κ3) is 14.2. The summed E-state index contributed by atoms with van der Waals surface area (Å²) in [5, 5.41) is 24.8. The molecule has 0 saturated heterocycles. The topological polar surface area (TPSA) is 135 Å². The van der Waals surface area contributed by atoms with Crippen molar-refractivity contribution in [1.82, 2.24) is 0 Å². The van der Waals surface area contributed by atoms with E-state index in [9.17, 15) is 20.2 Å². The molecule has 11 nitrogen and oxygen atoms in total. The summed E-state index contributed by atoms with van der Waals surface area (Å²) >= 11 is 0. The molecule has 0 heterocycles. The Morgan fingerprint density at radius 2 is 1.30 bits per heavy atom. The van der Waals surface area contributed by atoms with Gasteiger partial charge >= 0.3 is 0 Å². The zero-order valence-corrected chi connectivity index (χ0v) is 23.5. The number of nitro benzene ring substituents is 2. The van der Waals surface area contributed by atoms with E-state index < -0.39 is 9.85 Å². The molecule has 11 heteroatoms. The number of benzene rings is 2. The van der Waals surface area contributed by atoms with E-state index in [0.717, 1.165) is 18.2 Å². The molecule has 0 atom stereocenters. The quantitative estimate of drug-likeness (QED) is 0.0885. The number of non-ortho nitro benzene ring substituents is 1. The third-order valence-corrected chi connectivity index (χ3v) is 6.18. The van der Waals surface area contributed by atoms with Crippen LogP contribution in [0.15, 0.2) is 42.5 Å². The molecule has 0 amide bonds. The van der Waals surface area contributed by atoms with Crippen molar-refractivity contribution in [2.75, 3.05) is 58.1 Å². The highest BCUT2D eigenvalue weighted by atomic mass is 16.6. The number of nitrogens with zero attached hydrogens (tertiary/aromatic N) is 2. The highest BCUT2D eigenvalue weighted by Crippen LogP contribution is 2.28. The van der Waals surface area contributed by atoms with E-state index >= 15 is 0 Å². The van der Waals surface area contributed by atoms with Crippen LogP contribution >= 0.6 is 0 Å². The number of nitrogens with one attached hydrogen (secondary N) is 1. The molecule has 0 aliphatic carbocycles. The lowest BCUT2D eigenvalue weighted by atomic mass is 10.0. The van der Waals surface area contributed by atoms with Gasteiger partial charge in [0.25, 0.3) is 11.4 Å². The Hall–Kier alpha value is -3.28. The molecule has 2 aromatic rings. The first-order valence-corrected chi connectivity index (χ1v) is 14.1. The molecule has 0 aliphatic rings. The average Bonchev–Trinajstić information content (AvgIpc) is 2.95. The minimum absolute atomic E-state index is 0.201. The molecule has 2 aromatic carbocycles. The predicted octanol–water partition coefficient (Wildman–Crippen LogP) is 6.34. The van der Waals surface area contributed by atoms with Crippen LogP contribution in [0.5, 0.6) is 5.75 Å². The van der Waals surface area contributed by atoms with Crippen molar-refractivity contribution < 1.29 is 28.8 Å². The lowest BCUT2D eigenvalue weighted by Gasteiger charge is -2.09. The van der Waals surface area contributed by atoms with Crippen molar-refractivity contribution in [3.63, 3.8) is 0 Å². The summed E-state index contributed by atoms with van der Waals surface area (Å²) in [4.78, 5) is 20.6. The number of nitro groups is 2. The fraction of sp³-hybridized carbons (Fsp3) is 0.586. The van der Waals surface area contributed by atoms with E-state index in [1.54, 1.807) is 0 Å². The van der Waals surface area contributed by atoms with Crippen molar-refractivity contribution in [3.05, 3.63) is 68.3 Å². The zero-order valence-electron chi connectivity index (χ0n) is 23.5. The van der Waals surface area contributed by atoms with Gasteiger partial charge in [-0.1, -0.05) is 57.6 Å². The van der Waals surface area contributed by atoms with Gasteiger partial charge in [0.15, 0.2) is 0 Å².